The van der Waals surface area contributed by atoms with Gasteiger partial charge in [-0.2, -0.15) is 4.98 Å². The van der Waals surface area contributed by atoms with Crippen molar-refractivity contribution < 1.29 is 14.4 Å². The maximum Gasteiger partial charge on any atom is 0.372 e. The molecule has 0 radical (unpaired) electrons. The second-order valence-electron chi connectivity index (χ2n) is 4.38. The molecule has 0 aromatic carbocycles. The van der Waals surface area contributed by atoms with Crippen LogP contribution < -0.4 is 10.1 Å². The number of ether oxygens (including phenoxy) is 2. The molecule has 0 spiro atoms. The minimum Gasteiger partial charge on any atom is -0.476 e. The number of methoxy groups -OCH3 is 1. The van der Waals surface area contributed by atoms with Crippen molar-refractivity contribution in [2.75, 3.05) is 19.0 Å². The highest BCUT2D eigenvalue weighted by atomic mass is 16.6. The molecule has 2 atom stereocenters. The van der Waals surface area contributed by atoms with Crippen molar-refractivity contribution in [1.29, 1.82) is 0 Å². The van der Waals surface area contributed by atoms with Gasteiger partial charge in [0.15, 0.2) is 0 Å². The Morgan fingerprint density at radius 2 is 2.37 bits per heavy atom. The molecule has 2 rings (SSSR count). The second-order valence-corrected chi connectivity index (χ2v) is 4.38. The molecule has 0 bridgehead atoms. The Labute approximate surface area is 110 Å². The lowest BCUT2D eigenvalue weighted by Crippen LogP contribution is -2.33. The molecule has 0 amide bonds. The number of nitrogens with one attached hydrogen (secondary N) is 1. The van der Waals surface area contributed by atoms with Crippen LogP contribution in [0.4, 0.5) is 11.5 Å². The van der Waals surface area contributed by atoms with E-state index in [0.29, 0.717) is 6.61 Å². The third-order valence-corrected chi connectivity index (χ3v) is 2.99. The number of hydrogen-bond donors (Lipinski definition) is 1. The summed E-state index contributed by atoms with van der Waals surface area (Å²) in [5.74, 6) is 0.151. The quantitative estimate of drug-likeness (QED) is 0.650. The first-order valence-electron chi connectivity index (χ1n) is 6.03. The van der Waals surface area contributed by atoms with Gasteiger partial charge in [-0.25, -0.2) is 4.98 Å². The Morgan fingerprint density at radius 3 is 3.00 bits per heavy atom. The largest absolute Gasteiger partial charge is 0.476 e. The van der Waals surface area contributed by atoms with E-state index < -0.39 is 4.92 Å². The SMILES string of the molecule is COc1ncnc(NC2CCOC(C)C2)c1[N+](=O)[O-]. The van der Waals surface area contributed by atoms with Crippen molar-refractivity contribution in [2.45, 2.75) is 31.9 Å². The first kappa shape index (κ1) is 13.5. The van der Waals surface area contributed by atoms with Crippen LogP contribution in [0.25, 0.3) is 0 Å². The fourth-order valence-electron chi connectivity index (χ4n) is 2.10. The minimum atomic E-state index is -0.538. The van der Waals surface area contributed by atoms with Crippen molar-refractivity contribution in [3.05, 3.63) is 16.4 Å². The van der Waals surface area contributed by atoms with Crippen molar-refractivity contribution in [3.63, 3.8) is 0 Å². The standard InChI is InChI=1S/C11H16N4O4/c1-7-5-8(3-4-19-7)14-10-9(15(16)17)11(18-2)13-6-12-10/h6-8H,3-5H2,1-2H3,(H,12,13,14). The van der Waals surface area contributed by atoms with Gasteiger partial charge in [-0.05, 0) is 19.8 Å². The summed E-state index contributed by atoms with van der Waals surface area (Å²) in [4.78, 5) is 18.2. The van der Waals surface area contributed by atoms with Gasteiger partial charge in [-0.1, -0.05) is 0 Å². The molecule has 1 aliphatic rings. The van der Waals surface area contributed by atoms with E-state index in [4.69, 9.17) is 9.47 Å². The predicted molar refractivity (Wildman–Crippen MR) is 67.3 cm³/mol. The highest BCUT2D eigenvalue weighted by Crippen LogP contribution is 2.31. The van der Waals surface area contributed by atoms with E-state index in [2.05, 4.69) is 15.3 Å². The number of rotatable bonds is 4. The van der Waals surface area contributed by atoms with Crippen molar-refractivity contribution in [1.82, 2.24) is 9.97 Å². The van der Waals surface area contributed by atoms with Crippen molar-refractivity contribution >= 4 is 11.5 Å². The van der Waals surface area contributed by atoms with Crippen LogP contribution in [0.5, 0.6) is 5.88 Å². The van der Waals surface area contributed by atoms with Gasteiger partial charge >= 0.3 is 5.69 Å². The third kappa shape index (κ3) is 3.08. The van der Waals surface area contributed by atoms with Crippen LogP contribution >= 0.6 is 0 Å². The molecule has 1 fully saturated rings. The summed E-state index contributed by atoms with van der Waals surface area (Å²) in [5.41, 5.74) is -0.232. The molecule has 2 unspecified atom stereocenters. The van der Waals surface area contributed by atoms with E-state index in [9.17, 15) is 10.1 Å². The monoisotopic (exact) mass is 268 g/mol. The molecule has 8 nitrogen and oxygen atoms in total. The summed E-state index contributed by atoms with van der Waals surface area (Å²) in [5, 5.41) is 14.2. The smallest absolute Gasteiger partial charge is 0.372 e. The maximum absolute atomic E-state index is 11.1. The van der Waals surface area contributed by atoms with Crippen LogP contribution in [0.2, 0.25) is 0 Å². The van der Waals surface area contributed by atoms with Gasteiger partial charge in [0.2, 0.25) is 5.82 Å². The molecule has 0 saturated carbocycles. The Balaban J connectivity index is 2.21. The molecule has 1 N–H and O–H groups in total. The van der Waals surface area contributed by atoms with Crippen LogP contribution in [-0.2, 0) is 4.74 Å². The van der Waals surface area contributed by atoms with Gasteiger partial charge in [0, 0.05) is 12.6 Å². The van der Waals surface area contributed by atoms with E-state index in [1.807, 2.05) is 6.92 Å². The highest BCUT2D eigenvalue weighted by Gasteiger charge is 2.27. The number of anilines is 1. The van der Waals surface area contributed by atoms with Gasteiger partial charge < -0.3 is 14.8 Å². The Hall–Kier alpha value is -1.96. The van der Waals surface area contributed by atoms with E-state index in [1.54, 1.807) is 0 Å². The van der Waals surface area contributed by atoms with Gasteiger partial charge in [-0.15, -0.1) is 0 Å². The summed E-state index contributed by atoms with van der Waals surface area (Å²) >= 11 is 0. The lowest BCUT2D eigenvalue weighted by molar-refractivity contribution is -0.385. The summed E-state index contributed by atoms with van der Waals surface area (Å²) < 4.78 is 10.3. The van der Waals surface area contributed by atoms with Crippen LogP contribution in [0.3, 0.4) is 0 Å². The van der Waals surface area contributed by atoms with E-state index in [-0.39, 0.29) is 29.5 Å². The Kier molecular flexibility index (Phi) is 4.10. The molecule has 1 aromatic rings. The van der Waals surface area contributed by atoms with Gasteiger partial charge in [-0.3, -0.25) is 10.1 Å². The number of nitrogens with zero attached hydrogens (tertiary/aromatic N) is 3. The molecule has 19 heavy (non-hydrogen) atoms. The molecular formula is C11H16N4O4. The van der Waals surface area contributed by atoms with Crippen LogP contribution in [0.1, 0.15) is 19.8 Å². The van der Waals surface area contributed by atoms with E-state index in [0.717, 1.165) is 12.8 Å². The fraction of sp³-hybridized carbons (Fsp3) is 0.636. The lowest BCUT2D eigenvalue weighted by atomic mass is 10.0. The molecular weight excluding hydrogens is 252 g/mol. The topological polar surface area (TPSA) is 99.4 Å². The second kappa shape index (κ2) is 5.79. The normalized spacial score (nSPS) is 22.8. The maximum atomic E-state index is 11.1. The molecule has 8 heteroatoms. The number of aromatic nitrogens is 2. The summed E-state index contributed by atoms with van der Waals surface area (Å²) in [6.07, 6.45) is 2.95. The minimum absolute atomic E-state index is 0.0393. The van der Waals surface area contributed by atoms with Gasteiger partial charge in [0.1, 0.15) is 6.33 Å². The van der Waals surface area contributed by atoms with Crippen LogP contribution in [0.15, 0.2) is 6.33 Å². The van der Waals surface area contributed by atoms with E-state index >= 15 is 0 Å². The van der Waals surface area contributed by atoms with Crippen molar-refractivity contribution in [2.24, 2.45) is 0 Å². The molecule has 1 aliphatic heterocycles. The zero-order valence-corrected chi connectivity index (χ0v) is 10.8. The Bertz CT molecular complexity index is 468. The fourth-order valence-corrected chi connectivity index (χ4v) is 2.10. The summed E-state index contributed by atoms with van der Waals surface area (Å²) in [7, 11) is 1.34. The Morgan fingerprint density at radius 1 is 1.58 bits per heavy atom. The molecule has 104 valence electrons. The van der Waals surface area contributed by atoms with Crippen LogP contribution in [0, 0.1) is 10.1 Å². The molecule has 1 saturated heterocycles. The number of hydrogen-bond acceptors (Lipinski definition) is 7. The molecule has 1 aromatic heterocycles. The van der Waals surface area contributed by atoms with Crippen LogP contribution in [-0.4, -0.2) is 40.8 Å². The number of nitro groups is 1. The lowest BCUT2D eigenvalue weighted by Gasteiger charge is -2.28. The molecule has 2 heterocycles. The average Bonchev–Trinajstić information content (AvgIpc) is 2.38. The zero-order chi connectivity index (χ0) is 13.8. The summed E-state index contributed by atoms with van der Waals surface area (Å²) in [6, 6.07) is 0.0991. The van der Waals surface area contributed by atoms with E-state index in [1.165, 1.54) is 13.4 Å². The predicted octanol–water partition coefficient (Wildman–Crippen LogP) is 1.37. The molecule has 0 aliphatic carbocycles. The van der Waals surface area contributed by atoms with Crippen molar-refractivity contribution in [3.8, 4) is 5.88 Å². The average molecular weight is 268 g/mol. The first-order valence-corrected chi connectivity index (χ1v) is 6.03. The highest BCUT2D eigenvalue weighted by molar-refractivity contribution is 5.61. The zero-order valence-electron chi connectivity index (χ0n) is 10.8. The summed E-state index contributed by atoms with van der Waals surface area (Å²) in [6.45, 7) is 2.61. The van der Waals surface area contributed by atoms with Gasteiger partial charge in [0.05, 0.1) is 18.1 Å². The first-order chi connectivity index (χ1) is 9.11. The van der Waals surface area contributed by atoms with Gasteiger partial charge in [0.25, 0.3) is 5.88 Å². The third-order valence-electron chi connectivity index (χ3n) is 2.99.